The monoisotopic (exact) mass is 425 g/mol. The Labute approximate surface area is 182 Å². The predicted octanol–water partition coefficient (Wildman–Crippen LogP) is 3.51. The first kappa shape index (κ1) is 20.6. The molecule has 1 aromatic carbocycles. The van der Waals surface area contributed by atoms with Crippen molar-refractivity contribution in [2.24, 2.45) is 5.92 Å². The van der Waals surface area contributed by atoms with Crippen LogP contribution in [0.3, 0.4) is 0 Å². The molecule has 2 heterocycles. The van der Waals surface area contributed by atoms with Crippen LogP contribution in [0.5, 0.6) is 5.75 Å². The Balaban J connectivity index is 1.35. The number of fused-ring (bicyclic) bond motifs is 4. The second-order valence-electron chi connectivity index (χ2n) is 9.61. The van der Waals surface area contributed by atoms with Crippen molar-refractivity contribution in [2.45, 2.75) is 76.9 Å². The minimum absolute atomic E-state index is 0.0532. The van der Waals surface area contributed by atoms with Gasteiger partial charge in [-0.3, -0.25) is 4.79 Å². The van der Waals surface area contributed by atoms with Gasteiger partial charge >= 0.3 is 5.63 Å². The van der Waals surface area contributed by atoms with E-state index in [0.717, 1.165) is 67.0 Å². The number of ether oxygens (including phenoxy) is 1. The first-order chi connectivity index (χ1) is 14.9. The van der Waals surface area contributed by atoms with Crippen LogP contribution in [0.2, 0.25) is 0 Å². The molecule has 2 aliphatic carbocycles. The molecule has 5 rings (SSSR count). The normalized spacial score (nSPS) is 26.4. The van der Waals surface area contributed by atoms with Gasteiger partial charge < -0.3 is 19.2 Å². The summed E-state index contributed by atoms with van der Waals surface area (Å²) < 4.78 is 11.7. The highest BCUT2D eigenvalue weighted by molar-refractivity contribution is 5.87. The third kappa shape index (κ3) is 3.45. The number of piperidine rings is 1. The SMILES string of the molecule is Cc1c(O[C@H](C)C(=O)N2CC[C@]3(O)CCCC[C@@H]3C2)ccc2c3c(c(=O)oc12)CCC3. The lowest BCUT2D eigenvalue weighted by Crippen LogP contribution is -2.56. The molecule has 0 radical (unpaired) electrons. The minimum atomic E-state index is -0.646. The quantitative estimate of drug-likeness (QED) is 0.762. The zero-order valence-corrected chi connectivity index (χ0v) is 18.4. The van der Waals surface area contributed by atoms with Gasteiger partial charge in [-0.1, -0.05) is 12.8 Å². The van der Waals surface area contributed by atoms with Crippen LogP contribution in [-0.4, -0.2) is 40.7 Å². The van der Waals surface area contributed by atoms with E-state index < -0.39 is 11.7 Å². The van der Waals surface area contributed by atoms with Gasteiger partial charge in [0.05, 0.1) is 5.60 Å². The number of aliphatic hydroxyl groups is 1. The van der Waals surface area contributed by atoms with E-state index in [1.54, 1.807) is 6.92 Å². The van der Waals surface area contributed by atoms with Gasteiger partial charge in [-0.05, 0) is 70.1 Å². The van der Waals surface area contributed by atoms with Crippen molar-refractivity contribution in [1.82, 2.24) is 4.90 Å². The Morgan fingerprint density at radius 3 is 2.87 bits per heavy atom. The van der Waals surface area contributed by atoms with Gasteiger partial charge in [-0.2, -0.15) is 0 Å². The number of benzene rings is 1. The zero-order valence-electron chi connectivity index (χ0n) is 18.4. The Hall–Kier alpha value is -2.34. The molecular formula is C25H31NO5. The largest absolute Gasteiger partial charge is 0.480 e. The maximum atomic E-state index is 13.1. The van der Waals surface area contributed by atoms with Crippen molar-refractivity contribution >= 4 is 16.9 Å². The molecule has 1 saturated carbocycles. The van der Waals surface area contributed by atoms with Gasteiger partial charge in [-0.25, -0.2) is 4.79 Å². The fourth-order valence-electron chi connectivity index (χ4n) is 5.86. The molecule has 1 N–H and O–H groups in total. The number of nitrogens with zero attached hydrogens (tertiary/aromatic N) is 1. The first-order valence-electron chi connectivity index (χ1n) is 11.6. The van der Waals surface area contributed by atoms with Gasteiger partial charge in [0.15, 0.2) is 6.10 Å². The highest BCUT2D eigenvalue weighted by Gasteiger charge is 2.44. The third-order valence-corrected chi connectivity index (χ3v) is 7.73. The van der Waals surface area contributed by atoms with Crippen molar-refractivity contribution < 1.29 is 19.1 Å². The molecule has 3 aliphatic rings. The van der Waals surface area contributed by atoms with Crippen molar-refractivity contribution in [2.75, 3.05) is 13.1 Å². The topological polar surface area (TPSA) is 80.0 Å². The van der Waals surface area contributed by atoms with Crippen LogP contribution in [0.1, 0.15) is 62.1 Å². The van der Waals surface area contributed by atoms with Gasteiger partial charge in [0.25, 0.3) is 5.91 Å². The van der Waals surface area contributed by atoms with Gasteiger partial charge in [0.2, 0.25) is 0 Å². The Morgan fingerprint density at radius 2 is 2.03 bits per heavy atom. The second kappa shape index (κ2) is 7.66. The van der Waals surface area contributed by atoms with Gasteiger partial charge in [-0.15, -0.1) is 0 Å². The average Bonchev–Trinajstić information content (AvgIpc) is 3.26. The lowest BCUT2D eigenvalue weighted by molar-refractivity contribution is -0.149. The first-order valence-corrected chi connectivity index (χ1v) is 11.6. The molecule has 0 unspecified atom stereocenters. The van der Waals surface area contributed by atoms with Crippen LogP contribution in [0.25, 0.3) is 11.0 Å². The number of carbonyl (C=O) groups excluding carboxylic acids is 1. The van der Waals surface area contributed by atoms with Gasteiger partial charge in [0.1, 0.15) is 11.3 Å². The average molecular weight is 426 g/mol. The van der Waals surface area contributed by atoms with E-state index in [9.17, 15) is 14.7 Å². The highest BCUT2D eigenvalue weighted by Crippen LogP contribution is 2.40. The molecule has 0 bridgehead atoms. The molecule has 6 heteroatoms. The van der Waals surface area contributed by atoms with Crippen LogP contribution in [0, 0.1) is 12.8 Å². The van der Waals surface area contributed by atoms with Crippen LogP contribution < -0.4 is 10.4 Å². The minimum Gasteiger partial charge on any atom is -0.480 e. The molecule has 166 valence electrons. The lowest BCUT2D eigenvalue weighted by atomic mass is 9.71. The number of amides is 1. The number of carbonyl (C=O) groups is 1. The summed E-state index contributed by atoms with van der Waals surface area (Å²) in [4.78, 5) is 27.3. The van der Waals surface area contributed by atoms with E-state index in [4.69, 9.17) is 9.15 Å². The molecule has 1 saturated heterocycles. The second-order valence-corrected chi connectivity index (χ2v) is 9.61. The summed E-state index contributed by atoms with van der Waals surface area (Å²) in [6.07, 6.45) is 6.66. The van der Waals surface area contributed by atoms with Crippen LogP contribution in [-0.2, 0) is 17.6 Å². The molecule has 2 aromatic rings. The maximum Gasteiger partial charge on any atom is 0.339 e. The van der Waals surface area contributed by atoms with Crippen LogP contribution in [0.4, 0.5) is 0 Å². The van der Waals surface area contributed by atoms with E-state index in [1.807, 2.05) is 24.0 Å². The van der Waals surface area contributed by atoms with E-state index in [1.165, 1.54) is 0 Å². The smallest absolute Gasteiger partial charge is 0.339 e. The molecule has 2 fully saturated rings. The van der Waals surface area contributed by atoms with Crippen molar-refractivity contribution in [1.29, 1.82) is 0 Å². The summed E-state index contributed by atoms with van der Waals surface area (Å²) in [7, 11) is 0. The van der Waals surface area contributed by atoms with E-state index in [2.05, 4.69) is 0 Å². The van der Waals surface area contributed by atoms with E-state index in [-0.39, 0.29) is 17.5 Å². The van der Waals surface area contributed by atoms with E-state index in [0.29, 0.717) is 30.8 Å². The van der Waals surface area contributed by atoms with E-state index >= 15 is 0 Å². The number of rotatable bonds is 3. The molecule has 1 aliphatic heterocycles. The number of hydrogen-bond acceptors (Lipinski definition) is 5. The zero-order chi connectivity index (χ0) is 21.8. The van der Waals surface area contributed by atoms with Crippen LogP contribution in [0.15, 0.2) is 21.3 Å². The fourth-order valence-corrected chi connectivity index (χ4v) is 5.86. The third-order valence-electron chi connectivity index (χ3n) is 7.73. The summed E-state index contributed by atoms with van der Waals surface area (Å²) in [5.41, 5.74) is 2.36. The number of hydrogen-bond donors (Lipinski definition) is 1. The van der Waals surface area contributed by atoms with Gasteiger partial charge in [0, 0.05) is 35.5 Å². The maximum absolute atomic E-state index is 13.1. The molecular weight excluding hydrogens is 394 g/mol. The summed E-state index contributed by atoms with van der Waals surface area (Å²) in [6.45, 7) is 4.81. The van der Waals surface area contributed by atoms with Crippen molar-refractivity contribution in [3.63, 3.8) is 0 Å². The highest BCUT2D eigenvalue weighted by atomic mass is 16.5. The molecule has 3 atom stereocenters. The molecule has 1 amide bonds. The summed E-state index contributed by atoms with van der Waals surface area (Å²) in [5.74, 6) is 0.674. The lowest BCUT2D eigenvalue weighted by Gasteiger charge is -2.47. The molecule has 31 heavy (non-hydrogen) atoms. The Bertz CT molecular complexity index is 1090. The fraction of sp³-hybridized carbons (Fsp3) is 0.600. The number of likely N-dealkylation sites (tertiary alicyclic amines) is 1. The molecule has 6 nitrogen and oxygen atoms in total. The Morgan fingerprint density at radius 1 is 1.23 bits per heavy atom. The standard InChI is InChI=1S/C25H31NO5/c1-15-21(10-9-19-18-7-5-8-20(18)24(28)31-22(15)19)30-16(2)23(27)26-13-12-25(29)11-4-3-6-17(25)14-26/h9-10,16-17,29H,3-8,11-14H2,1-2H3/t16-,17-,25-/m1/s1. The summed E-state index contributed by atoms with van der Waals surface area (Å²) in [5, 5.41) is 11.9. The van der Waals surface area contributed by atoms with Crippen LogP contribution >= 0.6 is 0 Å². The number of aryl methyl sites for hydroxylation is 2. The Kier molecular flexibility index (Phi) is 5.08. The van der Waals surface area contributed by atoms with Crippen molar-refractivity contribution in [3.05, 3.63) is 39.2 Å². The summed E-state index contributed by atoms with van der Waals surface area (Å²) in [6, 6.07) is 3.83. The summed E-state index contributed by atoms with van der Waals surface area (Å²) >= 11 is 0. The predicted molar refractivity (Wildman–Crippen MR) is 117 cm³/mol. The van der Waals surface area contributed by atoms with Crippen molar-refractivity contribution in [3.8, 4) is 5.75 Å². The molecule has 0 spiro atoms. The molecule has 1 aromatic heterocycles.